The summed E-state index contributed by atoms with van der Waals surface area (Å²) in [4.78, 5) is 39.5. The number of hydrogen-bond donors (Lipinski definition) is 1. The van der Waals surface area contributed by atoms with E-state index in [9.17, 15) is 9.59 Å². The van der Waals surface area contributed by atoms with Crippen molar-refractivity contribution in [2.24, 2.45) is 4.99 Å². The van der Waals surface area contributed by atoms with Gasteiger partial charge in [-0.25, -0.2) is 9.79 Å². The Morgan fingerprint density at radius 1 is 1.09 bits per heavy atom. The first-order valence-corrected chi connectivity index (χ1v) is 11.9. The molecule has 2 fully saturated rings. The third kappa shape index (κ3) is 4.19. The fraction of sp³-hybridized carbons (Fsp3) is 0.500. The molecule has 1 aromatic carbocycles. The zero-order chi connectivity index (χ0) is 23.3. The number of piperazine rings is 1. The van der Waals surface area contributed by atoms with Crippen molar-refractivity contribution < 1.29 is 9.59 Å². The molecule has 176 valence electrons. The summed E-state index contributed by atoms with van der Waals surface area (Å²) >= 11 is 12.3. The molecule has 4 aliphatic rings. The molecule has 1 N–H and O–H groups in total. The van der Waals surface area contributed by atoms with Crippen LogP contribution in [-0.2, 0) is 11.3 Å². The molecule has 0 saturated carbocycles. The number of benzene rings is 1. The molecule has 0 spiro atoms. The highest BCUT2D eigenvalue weighted by Crippen LogP contribution is 2.31. The van der Waals surface area contributed by atoms with E-state index < -0.39 is 18.2 Å². The predicted octanol–water partition coefficient (Wildman–Crippen LogP) is 1.84. The lowest BCUT2D eigenvalue weighted by Crippen LogP contribution is -2.62. The lowest BCUT2D eigenvalue weighted by atomic mass is 10.1. The number of nitrogens with one attached hydrogen (secondary N) is 1. The van der Waals surface area contributed by atoms with E-state index in [1.54, 1.807) is 13.1 Å². The first-order valence-electron chi connectivity index (χ1n) is 11.1. The molecule has 2 unspecified atom stereocenters. The zero-order valence-electron chi connectivity index (χ0n) is 18.7. The van der Waals surface area contributed by atoms with Gasteiger partial charge >= 0.3 is 6.03 Å². The average Bonchev–Trinajstić information content (AvgIpc) is 3.29. The molecule has 2 saturated heterocycles. The van der Waals surface area contributed by atoms with Crippen molar-refractivity contribution in [2.45, 2.75) is 25.7 Å². The summed E-state index contributed by atoms with van der Waals surface area (Å²) in [5.41, 5.74) is 2.15. The van der Waals surface area contributed by atoms with Crippen LogP contribution in [0.25, 0.3) is 0 Å². The van der Waals surface area contributed by atoms with Crippen LogP contribution in [0.3, 0.4) is 0 Å². The molecule has 0 aromatic heterocycles. The molecule has 0 bridgehead atoms. The van der Waals surface area contributed by atoms with E-state index in [2.05, 4.69) is 20.0 Å². The summed E-state index contributed by atoms with van der Waals surface area (Å²) < 4.78 is 0. The number of amides is 3. The smallest absolute Gasteiger partial charge is 0.313 e. The molecule has 11 heteroatoms. The molecule has 0 aliphatic carbocycles. The van der Waals surface area contributed by atoms with E-state index >= 15 is 0 Å². The largest absolute Gasteiger partial charge is 0.325 e. The Kier molecular flexibility index (Phi) is 5.98. The Morgan fingerprint density at radius 3 is 2.55 bits per heavy atom. The molecule has 33 heavy (non-hydrogen) atoms. The molecule has 9 nitrogen and oxygen atoms in total. The van der Waals surface area contributed by atoms with Crippen LogP contribution in [-0.4, -0.2) is 101 Å². The second-order valence-corrected chi connectivity index (χ2v) is 9.72. The number of guanidine groups is 1. The van der Waals surface area contributed by atoms with Crippen LogP contribution in [0.15, 0.2) is 35.1 Å². The first-order chi connectivity index (χ1) is 15.8. The van der Waals surface area contributed by atoms with E-state index in [0.717, 1.165) is 63.0 Å². The van der Waals surface area contributed by atoms with Crippen molar-refractivity contribution >= 4 is 41.1 Å². The van der Waals surface area contributed by atoms with Crippen molar-refractivity contribution in [3.63, 3.8) is 0 Å². The van der Waals surface area contributed by atoms with E-state index in [4.69, 9.17) is 28.2 Å². The molecule has 3 amide bonds. The maximum absolute atomic E-state index is 12.4. The number of carbonyl (C=O) groups is 2. The van der Waals surface area contributed by atoms with Gasteiger partial charge in [0.25, 0.3) is 5.91 Å². The minimum Gasteiger partial charge on any atom is -0.313 e. The van der Waals surface area contributed by atoms with Gasteiger partial charge in [-0.2, -0.15) is 0 Å². The average molecular weight is 492 g/mol. The number of likely N-dealkylation sites (N-methyl/N-ethyl adjacent to an activating group) is 1. The lowest BCUT2D eigenvalue weighted by Gasteiger charge is -2.36. The van der Waals surface area contributed by atoms with Crippen LogP contribution < -0.4 is 5.32 Å². The Bertz CT molecular complexity index is 1040. The van der Waals surface area contributed by atoms with E-state index in [1.807, 2.05) is 30.2 Å². The first kappa shape index (κ1) is 22.5. The summed E-state index contributed by atoms with van der Waals surface area (Å²) in [6.07, 6.45) is 1.47. The number of rotatable bonds is 5. The quantitative estimate of drug-likeness (QED) is 0.677. The number of aliphatic imine (C=N–C) groups is 1. The minimum atomic E-state index is -0.508. The maximum Gasteiger partial charge on any atom is 0.325 e. The highest BCUT2D eigenvalue weighted by molar-refractivity contribution is 6.35. The number of nitrogens with zero attached hydrogens (tertiary/aromatic N) is 6. The van der Waals surface area contributed by atoms with Crippen molar-refractivity contribution in [1.82, 2.24) is 29.8 Å². The van der Waals surface area contributed by atoms with Crippen LogP contribution >= 0.6 is 23.2 Å². The molecular formula is C22H27Cl2N7O2. The third-order valence-corrected chi connectivity index (χ3v) is 7.37. The van der Waals surface area contributed by atoms with Gasteiger partial charge in [-0.05, 0) is 24.6 Å². The number of urea groups is 1. The zero-order valence-corrected chi connectivity index (χ0v) is 20.2. The van der Waals surface area contributed by atoms with Crippen LogP contribution in [0.1, 0.15) is 12.5 Å². The highest BCUT2D eigenvalue weighted by Gasteiger charge is 2.51. The van der Waals surface area contributed by atoms with Crippen LogP contribution in [0.5, 0.6) is 0 Å². The van der Waals surface area contributed by atoms with Crippen molar-refractivity contribution in [3.05, 3.63) is 45.7 Å². The topological polar surface area (TPSA) is 74.7 Å². The monoisotopic (exact) mass is 491 g/mol. The summed E-state index contributed by atoms with van der Waals surface area (Å²) in [6.45, 7) is 8.41. The molecule has 4 aliphatic heterocycles. The number of fused-ring (bicyclic) bond motifs is 3. The van der Waals surface area contributed by atoms with Gasteiger partial charge in [0, 0.05) is 74.8 Å². The summed E-state index contributed by atoms with van der Waals surface area (Å²) in [6, 6.07) is 4.76. The Morgan fingerprint density at radius 2 is 1.82 bits per heavy atom. The maximum atomic E-state index is 12.4. The van der Waals surface area contributed by atoms with Gasteiger partial charge < -0.3 is 14.7 Å². The predicted molar refractivity (Wildman–Crippen MR) is 127 cm³/mol. The number of allylic oxidation sites excluding steroid dienone is 1. The second kappa shape index (κ2) is 8.79. The van der Waals surface area contributed by atoms with Crippen molar-refractivity contribution in [2.75, 3.05) is 46.3 Å². The number of imide groups is 1. The van der Waals surface area contributed by atoms with Gasteiger partial charge in [-0.1, -0.05) is 29.3 Å². The minimum absolute atomic E-state index is 0.301. The number of carbonyl (C=O) groups excluding carboxylic acids is 2. The Balaban J connectivity index is 1.16. The fourth-order valence-corrected chi connectivity index (χ4v) is 5.30. The lowest BCUT2D eigenvalue weighted by molar-refractivity contribution is -0.126. The molecule has 4 heterocycles. The van der Waals surface area contributed by atoms with Gasteiger partial charge in [-0.3, -0.25) is 19.9 Å². The number of hydrogen-bond acceptors (Lipinski definition) is 7. The molecular weight excluding hydrogens is 465 g/mol. The van der Waals surface area contributed by atoms with Gasteiger partial charge in [0.1, 0.15) is 0 Å². The second-order valence-electron chi connectivity index (χ2n) is 8.88. The van der Waals surface area contributed by atoms with Crippen molar-refractivity contribution in [1.29, 1.82) is 0 Å². The van der Waals surface area contributed by atoms with E-state index in [0.29, 0.717) is 10.0 Å². The van der Waals surface area contributed by atoms with Crippen LogP contribution in [0, 0.1) is 0 Å². The molecule has 0 radical (unpaired) electrons. The van der Waals surface area contributed by atoms with Crippen LogP contribution in [0.4, 0.5) is 4.79 Å². The van der Waals surface area contributed by atoms with Crippen molar-refractivity contribution in [3.8, 4) is 0 Å². The number of halogens is 2. The van der Waals surface area contributed by atoms with Gasteiger partial charge in [0.05, 0.1) is 0 Å². The van der Waals surface area contributed by atoms with Gasteiger partial charge in [-0.15, -0.1) is 0 Å². The van der Waals surface area contributed by atoms with E-state index in [1.165, 1.54) is 4.90 Å². The standard InChI is InChI=1S/C22H27Cl2N7O2/c1-14-12-31-18-19(27(2)22(33)26-20(18)32)25-21(31)30(14)10-9-28-5-7-29(8-6-28)13-15-3-4-16(23)11-17(15)24/h3-4,11-12,18-19H,5-10,13H2,1-2H3,(H,26,32,33). The third-order valence-electron chi connectivity index (χ3n) is 6.78. The summed E-state index contributed by atoms with van der Waals surface area (Å²) in [5.74, 6) is 0.444. The van der Waals surface area contributed by atoms with Gasteiger partial charge in [0.2, 0.25) is 5.96 Å². The Hall–Kier alpha value is -2.33. The summed E-state index contributed by atoms with van der Waals surface area (Å²) in [7, 11) is 1.67. The normalized spacial score (nSPS) is 25.8. The van der Waals surface area contributed by atoms with Gasteiger partial charge in [0.15, 0.2) is 12.2 Å². The fourth-order valence-electron chi connectivity index (χ4n) is 4.83. The Labute approximate surface area is 203 Å². The van der Waals surface area contributed by atoms with E-state index in [-0.39, 0.29) is 5.91 Å². The molecule has 2 atom stereocenters. The van der Waals surface area contributed by atoms with Crippen LogP contribution in [0.2, 0.25) is 10.0 Å². The molecule has 1 aromatic rings. The molecule has 5 rings (SSSR count). The summed E-state index contributed by atoms with van der Waals surface area (Å²) in [5, 5.41) is 3.78. The highest BCUT2D eigenvalue weighted by atomic mass is 35.5. The SMILES string of the molecule is CC1=CN2C(=NC3C2C(=O)NC(=O)N3C)N1CCN1CCN(Cc2ccc(Cl)cc2Cl)CC1.